The van der Waals surface area contributed by atoms with Crippen LogP contribution in [0.25, 0.3) is 16.7 Å². The van der Waals surface area contributed by atoms with Gasteiger partial charge in [0.15, 0.2) is 10.8 Å². The van der Waals surface area contributed by atoms with Crippen molar-refractivity contribution in [1.29, 1.82) is 5.41 Å². The number of hydrogen-bond acceptors (Lipinski definition) is 6. The molecule has 0 aliphatic rings. The zero-order chi connectivity index (χ0) is 16.6. The van der Waals surface area contributed by atoms with Crippen LogP contribution >= 0.6 is 23.5 Å². The Bertz CT molecular complexity index is 963. The van der Waals surface area contributed by atoms with E-state index >= 15 is 0 Å². The predicted molar refractivity (Wildman–Crippen MR) is 89.6 cm³/mol. The van der Waals surface area contributed by atoms with E-state index in [1.54, 1.807) is 22.8 Å². The molecule has 2 aromatic heterocycles. The number of fused-ring (bicyclic) bond motifs is 1. The quantitative estimate of drug-likeness (QED) is 0.494. The van der Waals surface area contributed by atoms with E-state index in [2.05, 4.69) is 15.2 Å². The maximum atomic E-state index is 11.5. The van der Waals surface area contributed by atoms with Crippen LogP contribution in [0.1, 0.15) is 10.4 Å². The lowest BCUT2D eigenvalue weighted by molar-refractivity contribution is 0.0696. The van der Waals surface area contributed by atoms with Crippen molar-refractivity contribution >= 4 is 40.5 Å². The van der Waals surface area contributed by atoms with Crippen LogP contribution in [-0.4, -0.2) is 43.3 Å². The van der Waals surface area contributed by atoms with Gasteiger partial charge in [-0.25, -0.2) is 9.78 Å². The molecule has 0 aliphatic heterocycles. The lowest BCUT2D eigenvalue weighted by Gasteiger charge is -2.14. The first-order valence-corrected chi connectivity index (χ1v) is 8.99. The van der Waals surface area contributed by atoms with Crippen molar-refractivity contribution in [3.8, 4) is 5.69 Å². The van der Waals surface area contributed by atoms with Gasteiger partial charge in [0, 0.05) is 0 Å². The van der Waals surface area contributed by atoms with Gasteiger partial charge >= 0.3 is 5.97 Å². The van der Waals surface area contributed by atoms with E-state index in [9.17, 15) is 9.90 Å². The molecule has 0 bridgehead atoms. The molecule has 3 rings (SSSR count). The van der Waals surface area contributed by atoms with E-state index in [-0.39, 0.29) is 11.1 Å². The molecule has 0 aliphatic carbocycles. The van der Waals surface area contributed by atoms with Crippen LogP contribution in [-0.2, 0) is 0 Å². The van der Waals surface area contributed by atoms with Gasteiger partial charge in [0.1, 0.15) is 10.5 Å². The summed E-state index contributed by atoms with van der Waals surface area (Å²) in [6.07, 6.45) is 3.70. The molecule has 2 heterocycles. The van der Waals surface area contributed by atoms with Crippen LogP contribution in [0.5, 0.6) is 0 Å². The van der Waals surface area contributed by atoms with Crippen molar-refractivity contribution in [2.45, 2.75) is 10.2 Å². The van der Waals surface area contributed by atoms with Gasteiger partial charge in [-0.1, -0.05) is 23.9 Å². The van der Waals surface area contributed by atoms with Gasteiger partial charge in [-0.15, -0.1) is 11.8 Å². The summed E-state index contributed by atoms with van der Waals surface area (Å²) < 4.78 is 1.55. The number of aromatic amines is 1. The molecule has 0 saturated carbocycles. The summed E-state index contributed by atoms with van der Waals surface area (Å²) in [5, 5.41) is 26.7. The van der Waals surface area contributed by atoms with Crippen LogP contribution in [0.2, 0.25) is 0 Å². The first-order valence-electron chi connectivity index (χ1n) is 6.55. The molecule has 0 radical (unpaired) electrons. The highest BCUT2D eigenvalue weighted by molar-refractivity contribution is 7.98. The van der Waals surface area contributed by atoms with Crippen molar-refractivity contribution < 1.29 is 9.90 Å². The van der Waals surface area contributed by atoms with Gasteiger partial charge in [0.25, 0.3) is 0 Å². The zero-order valence-electron chi connectivity index (χ0n) is 12.3. The van der Waals surface area contributed by atoms with Gasteiger partial charge in [0.05, 0.1) is 16.6 Å². The molecule has 1 aromatic carbocycles. The minimum absolute atomic E-state index is 0.122. The van der Waals surface area contributed by atoms with E-state index in [0.717, 1.165) is 0 Å². The number of hydrogen-bond donors (Lipinski definition) is 3. The second kappa shape index (κ2) is 6.09. The second-order valence-electron chi connectivity index (χ2n) is 4.56. The maximum Gasteiger partial charge on any atom is 0.337 e. The maximum absolute atomic E-state index is 11.5. The highest BCUT2D eigenvalue weighted by Gasteiger charge is 2.19. The fourth-order valence-electron chi connectivity index (χ4n) is 2.32. The number of aromatic nitrogens is 4. The number of rotatable bonds is 4. The van der Waals surface area contributed by atoms with E-state index in [1.807, 2.05) is 12.5 Å². The van der Waals surface area contributed by atoms with Crippen molar-refractivity contribution in [2.75, 3.05) is 12.5 Å². The number of carbonyl (C=O) groups is 1. The van der Waals surface area contributed by atoms with E-state index in [1.165, 1.54) is 29.6 Å². The summed E-state index contributed by atoms with van der Waals surface area (Å²) >= 11 is 2.75. The minimum atomic E-state index is -1.04. The Hall–Kier alpha value is -2.26. The third kappa shape index (κ3) is 2.51. The molecule has 118 valence electrons. The number of benzene rings is 1. The highest BCUT2D eigenvalue weighted by atomic mass is 32.2. The molecule has 0 saturated heterocycles. The zero-order valence-corrected chi connectivity index (χ0v) is 14.0. The first-order chi connectivity index (χ1) is 11.1. The molecule has 9 heteroatoms. The minimum Gasteiger partial charge on any atom is -0.478 e. The van der Waals surface area contributed by atoms with Crippen LogP contribution in [0.3, 0.4) is 0 Å². The number of thioether (sulfide) groups is 2. The van der Waals surface area contributed by atoms with Crippen molar-refractivity contribution in [3.63, 3.8) is 0 Å². The van der Waals surface area contributed by atoms with Gasteiger partial charge in [-0.3, -0.25) is 15.1 Å². The molecule has 0 atom stereocenters. The molecule has 0 fully saturated rings. The fraction of sp³-hybridized carbons (Fsp3) is 0.143. The Labute approximate surface area is 139 Å². The third-order valence-electron chi connectivity index (χ3n) is 3.32. The van der Waals surface area contributed by atoms with Crippen LogP contribution < -0.4 is 5.49 Å². The molecular formula is C14H13N5O2S2. The normalized spacial score (nSPS) is 11.0. The summed E-state index contributed by atoms with van der Waals surface area (Å²) in [7, 11) is 0. The lowest BCUT2D eigenvalue weighted by Crippen LogP contribution is -2.23. The lowest BCUT2D eigenvalue weighted by atomic mass is 10.2. The molecule has 0 unspecified atom stereocenters. The molecular weight excluding hydrogens is 334 g/mol. The molecule has 23 heavy (non-hydrogen) atoms. The number of para-hydroxylation sites is 1. The topological polar surface area (TPSA) is 108 Å². The largest absolute Gasteiger partial charge is 0.478 e. The molecule has 3 aromatic rings. The van der Waals surface area contributed by atoms with Crippen molar-refractivity contribution in [3.05, 3.63) is 35.3 Å². The predicted octanol–water partition coefficient (Wildman–Crippen LogP) is 2.37. The summed E-state index contributed by atoms with van der Waals surface area (Å²) in [4.78, 5) is 16.0. The van der Waals surface area contributed by atoms with E-state index < -0.39 is 5.97 Å². The van der Waals surface area contributed by atoms with Crippen LogP contribution in [0.4, 0.5) is 0 Å². The summed E-state index contributed by atoms with van der Waals surface area (Å²) in [5.41, 5.74) is 1.22. The van der Waals surface area contributed by atoms with Crippen molar-refractivity contribution in [1.82, 2.24) is 19.7 Å². The average Bonchev–Trinajstić information content (AvgIpc) is 2.98. The van der Waals surface area contributed by atoms with E-state index in [0.29, 0.717) is 26.9 Å². The third-order valence-corrected chi connectivity index (χ3v) is 4.65. The van der Waals surface area contributed by atoms with Crippen LogP contribution in [0, 0.1) is 5.41 Å². The number of aromatic carboxylic acids is 1. The smallest absolute Gasteiger partial charge is 0.337 e. The average molecular weight is 347 g/mol. The molecule has 7 nitrogen and oxygen atoms in total. The number of nitrogens with zero attached hydrogens (tertiary/aromatic N) is 3. The van der Waals surface area contributed by atoms with E-state index in [4.69, 9.17) is 5.41 Å². The molecule has 0 spiro atoms. The SMILES string of the molecule is CSc1n[nH]c2nc(SC)n(-c3ccccc3C(=O)O)c(=N)c12. The second-order valence-corrected chi connectivity index (χ2v) is 6.13. The van der Waals surface area contributed by atoms with Gasteiger partial charge in [0.2, 0.25) is 0 Å². The molecule has 0 amide bonds. The molecule has 3 N–H and O–H groups in total. The Morgan fingerprint density at radius 2 is 2.04 bits per heavy atom. The van der Waals surface area contributed by atoms with Gasteiger partial charge in [-0.2, -0.15) is 5.10 Å². The Balaban J connectivity index is 2.44. The number of nitrogens with one attached hydrogen (secondary N) is 2. The highest BCUT2D eigenvalue weighted by Crippen LogP contribution is 2.24. The number of H-pyrrole nitrogens is 1. The van der Waals surface area contributed by atoms with Crippen molar-refractivity contribution in [2.24, 2.45) is 0 Å². The monoisotopic (exact) mass is 347 g/mol. The summed E-state index contributed by atoms with van der Waals surface area (Å²) in [6.45, 7) is 0. The Morgan fingerprint density at radius 3 is 2.70 bits per heavy atom. The van der Waals surface area contributed by atoms with Gasteiger partial charge < -0.3 is 5.11 Å². The summed E-state index contributed by atoms with van der Waals surface area (Å²) in [6, 6.07) is 6.59. The Kier molecular flexibility index (Phi) is 4.14. The number of carboxylic acids is 1. The van der Waals surface area contributed by atoms with Crippen LogP contribution in [0.15, 0.2) is 34.4 Å². The number of carboxylic acid groups (broad SMARTS) is 1. The Morgan fingerprint density at radius 1 is 1.30 bits per heavy atom. The fourth-order valence-corrected chi connectivity index (χ4v) is 3.41. The summed E-state index contributed by atoms with van der Waals surface area (Å²) in [5.74, 6) is -1.04. The standard InChI is InChI=1S/C14H13N5O2S2/c1-22-12-9-10(15)19(14(23-2)16-11(9)17-18-12)8-6-4-3-5-7(8)13(20)21/h3-6,15H,1-2H3,(H,17,18)(H,20,21). The van der Waals surface area contributed by atoms with Gasteiger partial charge in [-0.05, 0) is 24.6 Å². The first kappa shape index (κ1) is 15.6.